The van der Waals surface area contributed by atoms with Gasteiger partial charge in [-0.1, -0.05) is 5.92 Å². The third-order valence-corrected chi connectivity index (χ3v) is 1.46. The van der Waals surface area contributed by atoms with Gasteiger partial charge in [0.15, 0.2) is 5.96 Å². The van der Waals surface area contributed by atoms with Crippen LogP contribution in [0.1, 0.15) is 19.8 Å². The van der Waals surface area contributed by atoms with Crippen molar-refractivity contribution in [1.29, 1.82) is 0 Å². The number of hydrogen-bond acceptors (Lipinski definition) is 2. The van der Waals surface area contributed by atoms with Crippen LogP contribution in [0.3, 0.4) is 0 Å². The molecular formula is C10H17N3O. The highest BCUT2D eigenvalue weighted by atomic mass is 16.1. The smallest absolute Gasteiger partial charge is 0.202 e. The molecule has 0 aliphatic heterocycles. The number of Topliss-reactive ketones (excluding diaryl/α,β-unsaturated/α-hetero) is 1. The zero-order chi connectivity index (χ0) is 11.0. The number of nitrogens with zero attached hydrogens (tertiary/aromatic N) is 2. The van der Waals surface area contributed by atoms with E-state index in [4.69, 9.17) is 5.73 Å². The molecule has 0 heterocycles. The number of carbonyl (C=O) groups is 1. The van der Waals surface area contributed by atoms with Crippen LogP contribution in [0.2, 0.25) is 0 Å². The molecular weight excluding hydrogens is 178 g/mol. The Balaban J connectivity index is 3.63. The van der Waals surface area contributed by atoms with Crippen LogP contribution in [0.15, 0.2) is 4.99 Å². The Morgan fingerprint density at radius 2 is 2.14 bits per heavy atom. The van der Waals surface area contributed by atoms with Gasteiger partial charge in [0.25, 0.3) is 0 Å². The molecule has 0 spiro atoms. The summed E-state index contributed by atoms with van der Waals surface area (Å²) >= 11 is 0. The first-order valence-corrected chi connectivity index (χ1v) is 4.50. The molecule has 0 aromatic heterocycles. The van der Waals surface area contributed by atoms with E-state index >= 15 is 0 Å². The molecule has 0 saturated heterocycles. The standard InChI is InChI=1S/C10H17N3O/c1-9(14)7-5-4-6-8-12-10(11)13(2)3/h4,6,8H2,1-3H3,(H2,11,12). The first-order chi connectivity index (χ1) is 6.54. The lowest BCUT2D eigenvalue weighted by Crippen LogP contribution is -2.30. The van der Waals surface area contributed by atoms with Crippen molar-refractivity contribution in [2.24, 2.45) is 10.7 Å². The normalized spacial score (nSPS) is 10.4. The Kier molecular flexibility index (Phi) is 6.21. The summed E-state index contributed by atoms with van der Waals surface area (Å²) in [6, 6.07) is 0. The largest absolute Gasteiger partial charge is 0.370 e. The molecule has 2 N–H and O–H groups in total. The SMILES string of the molecule is CC(=O)C#CCCCN=C(N)N(C)C. The Morgan fingerprint density at radius 3 is 2.64 bits per heavy atom. The summed E-state index contributed by atoms with van der Waals surface area (Å²) in [5.74, 6) is 5.66. The van der Waals surface area contributed by atoms with Crippen LogP contribution in [-0.4, -0.2) is 37.3 Å². The van der Waals surface area contributed by atoms with Crippen molar-refractivity contribution in [2.45, 2.75) is 19.8 Å². The zero-order valence-corrected chi connectivity index (χ0v) is 9.00. The van der Waals surface area contributed by atoms with Crippen LogP contribution in [0, 0.1) is 11.8 Å². The molecule has 0 amide bonds. The lowest BCUT2D eigenvalue weighted by molar-refractivity contribution is -0.111. The topological polar surface area (TPSA) is 58.7 Å². The van der Waals surface area contributed by atoms with Crippen LogP contribution in [0.25, 0.3) is 0 Å². The van der Waals surface area contributed by atoms with E-state index in [1.54, 1.807) is 4.90 Å². The molecule has 0 rings (SSSR count). The first kappa shape index (κ1) is 12.5. The summed E-state index contributed by atoms with van der Waals surface area (Å²) in [5.41, 5.74) is 5.57. The maximum Gasteiger partial charge on any atom is 0.202 e. The number of hydrogen-bond donors (Lipinski definition) is 1. The third kappa shape index (κ3) is 7.17. The predicted molar refractivity (Wildman–Crippen MR) is 57.9 cm³/mol. The molecule has 0 aromatic rings. The Hall–Kier alpha value is -1.50. The highest BCUT2D eigenvalue weighted by molar-refractivity contribution is 5.93. The molecule has 4 nitrogen and oxygen atoms in total. The van der Waals surface area contributed by atoms with Crippen molar-refractivity contribution < 1.29 is 4.79 Å². The van der Waals surface area contributed by atoms with E-state index in [9.17, 15) is 4.79 Å². The number of unbranched alkanes of at least 4 members (excludes halogenated alkanes) is 1. The van der Waals surface area contributed by atoms with Gasteiger partial charge in [0.05, 0.1) is 0 Å². The van der Waals surface area contributed by atoms with Crippen LogP contribution in [0.4, 0.5) is 0 Å². The van der Waals surface area contributed by atoms with Crippen LogP contribution >= 0.6 is 0 Å². The fourth-order valence-electron chi connectivity index (χ4n) is 0.689. The van der Waals surface area contributed by atoms with Crippen molar-refractivity contribution in [3.05, 3.63) is 0 Å². The van der Waals surface area contributed by atoms with Gasteiger partial charge in [-0.25, -0.2) is 0 Å². The second kappa shape index (κ2) is 6.96. The summed E-state index contributed by atoms with van der Waals surface area (Å²) in [4.78, 5) is 16.3. The number of ketones is 1. The Labute approximate surface area is 85.2 Å². The maximum atomic E-state index is 10.4. The van der Waals surface area contributed by atoms with Gasteiger partial charge in [0.2, 0.25) is 5.78 Å². The summed E-state index contributed by atoms with van der Waals surface area (Å²) in [5, 5.41) is 0. The van der Waals surface area contributed by atoms with Gasteiger partial charge in [0.1, 0.15) is 0 Å². The fourth-order valence-corrected chi connectivity index (χ4v) is 0.689. The molecule has 0 aliphatic rings. The number of carbonyl (C=O) groups excluding carboxylic acids is 1. The second-order valence-electron chi connectivity index (χ2n) is 3.10. The molecule has 0 atom stereocenters. The number of aliphatic imine (C=N–C) groups is 1. The summed E-state index contributed by atoms with van der Waals surface area (Å²) in [6.07, 6.45) is 1.51. The van der Waals surface area contributed by atoms with E-state index in [1.165, 1.54) is 6.92 Å². The summed E-state index contributed by atoms with van der Waals surface area (Å²) in [7, 11) is 3.68. The lowest BCUT2D eigenvalue weighted by atomic mass is 10.3. The van der Waals surface area contributed by atoms with Gasteiger partial charge in [0, 0.05) is 34.0 Å². The monoisotopic (exact) mass is 195 g/mol. The van der Waals surface area contributed by atoms with Crippen molar-refractivity contribution in [1.82, 2.24) is 4.90 Å². The van der Waals surface area contributed by atoms with Gasteiger partial charge < -0.3 is 10.6 Å². The van der Waals surface area contributed by atoms with Gasteiger partial charge in [-0.2, -0.15) is 0 Å². The minimum atomic E-state index is -0.0960. The van der Waals surface area contributed by atoms with Crippen molar-refractivity contribution in [3.63, 3.8) is 0 Å². The van der Waals surface area contributed by atoms with Gasteiger partial charge in [-0.05, 0) is 12.3 Å². The van der Waals surface area contributed by atoms with E-state index in [-0.39, 0.29) is 5.78 Å². The van der Waals surface area contributed by atoms with E-state index in [2.05, 4.69) is 16.8 Å². The summed E-state index contributed by atoms with van der Waals surface area (Å²) < 4.78 is 0. The van der Waals surface area contributed by atoms with Crippen molar-refractivity contribution in [3.8, 4) is 11.8 Å². The van der Waals surface area contributed by atoms with Gasteiger partial charge in [-0.3, -0.25) is 9.79 Å². The highest BCUT2D eigenvalue weighted by Gasteiger charge is 1.91. The zero-order valence-electron chi connectivity index (χ0n) is 9.00. The third-order valence-electron chi connectivity index (χ3n) is 1.46. The molecule has 0 bridgehead atoms. The van der Waals surface area contributed by atoms with E-state index in [0.717, 1.165) is 6.42 Å². The molecule has 0 aliphatic carbocycles. The van der Waals surface area contributed by atoms with Gasteiger partial charge >= 0.3 is 0 Å². The summed E-state index contributed by atoms with van der Waals surface area (Å²) in [6.45, 7) is 2.10. The number of guanidine groups is 1. The Morgan fingerprint density at radius 1 is 1.50 bits per heavy atom. The molecule has 0 unspecified atom stereocenters. The average Bonchev–Trinajstić information content (AvgIpc) is 2.09. The minimum absolute atomic E-state index is 0.0960. The van der Waals surface area contributed by atoms with E-state index in [0.29, 0.717) is 18.9 Å². The van der Waals surface area contributed by atoms with Crippen LogP contribution in [-0.2, 0) is 4.79 Å². The quantitative estimate of drug-likeness (QED) is 0.231. The average molecular weight is 195 g/mol. The highest BCUT2D eigenvalue weighted by Crippen LogP contribution is 1.88. The first-order valence-electron chi connectivity index (χ1n) is 4.50. The second-order valence-corrected chi connectivity index (χ2v) is 3.10. The number of nitrogens with two attached hydrogens (primary N) is 1. The fraction of sp³-hybridized carbons (Fsp3) is 0.600. The molecule has 0 saturated carbocycles. The van der Waals surface area contributed by atoms with Crippen LogP contribution < -0.4 is 5.73 Å². The lowest BCUT2D eigenvalue weighted by Gasteiger charge is -2.09. The van der Waals surface area contributed by atoms with Crippen LogP contribution in [0.5, 0.6) is 0 Å². The van der Waals surface area contributed by atoms with E-state index in [1.807, 2.05) is 14.1 Å². The number of rotatable bonds is 3. The molecule has 14 heavy (non-hydrogen) atoms. The molecule has 4 heteroatoms. The Bertz CT molecular complexity index is 271. The molecule has 78 valence electrons. The maximum absolute atomic E-state index is 10.4. The van der Waals surface area contributed by atoms with Crippen molar-refractivity contribution >= 4 is 11.7 Å². The predicted octanol–water partition coefficient (Wildman–Crippen LogP) is 0.235. The molecule has 0 fully saturated rings. The van der Waals surface area contributed by atoms with Gasteiger partial charge in [-0.15, -0.1) is 0 Å². The molecule has 0 aromatic carbocycles. The van der Waals surface area contributed by atoms with Crippen molar-refractivity contribution in [2.75, 3.05) is 20.6 Å². The minimum Gasteiger partial charge on any atom is -0.370 e. The van der Waals surface area contributed by atoms with E-state index < -0.39 is 0 Å². The molecule has 0 radical (unpaired) electrons.